The van der Waals surface area contributed by atoms with Crippen LogP contribution >= 0.6 is 0 Å². The molecule has 0 aliphatic rings. The molecule has 0 aromatic heterocycles. The zero-order valence-electron chi connectivity index (χ0n) is 14.7. The molecule has 27 heavy (non-hydrogen) atoms. The van der Waals surface area contributed by atoms with Gasteiger partial charge in [0.15, 0.2) is 0 Å². The second-order valence-electron chi connectivity index (χ2n) is 5.63. The average Bonchev–Trinajstić information content (AvgIpc) is 2.52. The van der Waals surface area contributed by atoms with Gasteiger partial charge in [0, 0.05) is 14.1 Å². The van der Waals surface area contributed by atoms with Crippen molar-refractivity contribution in [2.45, 2.75) is 37.8 Å². The summed E-state index contributed by atoms with van der Waals surface area (Å²) in [6.07, 6.45) is -5.38. The van der Waals surface area contributed by atoms with Gasteiger partial charge in [0.05, 0.1) is 13.2 Å². The van der Waals surface area contributed by atoms with Crippen molar-refractivity contribution in [2.24, 2.45) is 0 Å². The first-order valence-corrected chi connectivity index (χ1v) is 7.57. The van der Waals surface area contributed by atoms with Crippen molar-refractivity contribution in [3.05, 3.63) is 0 Å². The van der Waals surface area contributed by atoms with Crippen molar-refractivity contribution in [1.82, 2.24) is 9.80 Å². The summed E-state index contributed by atoms with van der Waals surface area (Å²) in [5.74, 6) is -17.6. The molecule has 2 amide bonds. The number of alkyl halides is 7. The maximum absolute atomic E-state index is 13.3. The molecule has 13 heteroatoms. The normalized spacial score (nSPS) is 12.5. The van der Waals surface area contributed by atoms with Gasteiger partial charge in [0.2, 0.25) is 5.91 Å². The summed E-state index contributed by atoms with van der Waals surface area (Å²) in [6, 6.07) is 0. The molecule has 0 heterocycles. The molecule has 0 unspecified atom stereocenters. The number of rotatable bonds is 9. The molecule has 0 saturated heterocycles. The Kier molecular flexibility index (Phi) is 8.51. The molecular weight excluding hydrogens is 393 g/mol. The fourth-order valence-corrected chi connectivity index (χ4v) is 1.61. The largest absolute Gasteiger partial charge is 0.464 e. The first-order valence-electron chi connectivity index (χ1n) is 7.57. The lowest BCUT2D eigenvalue weighted by molar-refractivity contribution is -0.345. The lowest BCUT2D eigenvalue weighted by Crippen LogP contribution is -2.60. The summed E-state index contributed by atoms with van der Waals surface area (Å²) in [5, 5.41) is 0. The van der Waals surface area contributed by atoms with Crippen LogP contribution in [0.5, 0.6) is 0 Å². The Labute approximate surface area is 150 Å². The number of nitrogens with zero attached hydrogens (tertiary/aromatic N) is 2. The second kappa shape index (κ2) is 9.22. The van der Waals surface area contributed by atoms with Crippen LogP contribution in [-0.4, -0.2) is 79.4 Å². The molecule has 0 N–H and O–H groups in total. The fourth-order valence-electron chi connectivity index (χ4n) is 1.61. The Balaban J connectivity index is 4.91. The zero-order valence-corrected chi connectivity index (χ0v) is 14.7. The van der Waals surface area contributed by atoms with Gasteiger partial charge < -0.3 is 14.5 Å². The Morgan fingerprint density at radius 1 is 0.889 bits per heavy atom. The zero-order chi connectivity index (χ0) is 21.6. The number of hydrogen-bond acceptors (Lipinski definition) is 4. The van der Waals surface area contributed by atoms with Gasteiger partial charge in [0.1, 0.15) is 6.54 Å². The van der Waals surface area contributed by atoms with Gasteiger partial charge in [-0.2, -0.15) is 30.7 Å². The van der Waals surface area contributed by atoms with E-state index in [0.717, 1.165) is 13.5 Å². The highest BCUT2D eigenvalue weighted by Crippen LogP contribution is 2.47. The van der Waals surface area contributed by atoms with Gasteiger partial charge in [-0.05, 0) is 6.42 Å². The van der Waals surface area contributed by atoms with E-state index in [0.29, 0.717) is 18.4 Å². The minimum atomic E-state index is -6.67. The third kappa shape index (κ3) is 6.24. The number of carbonyl (C=O) groups excluding carboxylic acids is 3. The lowest BCUT2D eigenvalue weighted by Gasteiger charge is -2.30. The summed E-state index contributed by atoms with van der Waals surface area (Å²) >= 11 is 0. The SMILES string of the molecule is CCCCOC(=O)CN(C)C(=O)CN(C)C(=O)C(F)(F)C(F)(F)C(F)(F)F. The van der Waals surface area contributed by atoms with Gasteiger partial charge in [-0.25, -0.2) is 0 Å². The number of esters is 1. The monoisotopic (exact) mass is 412 g/mol. The predicted octanol–water partition coefficient (Wildman–Crippen LogP) is 2.08. The number of amides is 2. The van der Waals surface area contributed by atoms with Crippen molar-refractivity contribution in [3.8, 4) is 0 Å². The third-order valence-corrected chi connectivity index (χ3v) is 3.29. The standard InChI is InChI=1S/C14H19F7N2O4/c1-4-5-6-27-10(25)8-22(2)9(24)7-23(3)11(26)12(15,16)13(17,18)14(19,20)21/h4-8H2,1-3H3. The average molecular weight is 412 g/mol. The number of carbonyl (C=O) groups is 3. The van der Waals surface area contributed by atoms with Crippen LogP contribution in [0.25, 0.3) is 0 Å². The second-order valence-corrected chi connectivity index (χ2v) is 5.63. The van der Waals surface area contributed by atoms with Crippen LogP contribution in [0.3, 0.4) is 0 Å². The Bertz CT molecular complexity index is 552. The van der Waals surface area contributed by atoms with Crippen LogP contribution in [0.4, 0.5) is 30.7 Å². The molecule has 0 saturated carbocycles. The number of hydrogen-bond donors (Lipinski definition) is 0. The number of unbranched alkanes of at least 4 members (excludes halogenated alkanes) is 1. The maximum atomic E-state index is 13.3. The highest BCUT2D eigenvalue weighted by Gasteiger charge is 2.76. The van der Waals surface area contributed by atoms with Gasteiger partial charge in [0.25, 0.3) is 5.91 Å². The first kappa shape index (κ1) is 24.9. The van der Waals surface area contributed by atoms with Crippen molar-refractivity contribution in [3.63, 3.8) is 0 Å². The van der Waals surface area contributed by atoms with Gasteiger partial charge in [-0.1, -0.05) is 13.3 Å². The summed E-state index contributed by atoms with van der Waals surface area (Å²) < 4.78 is 93.3. The van der Waals surface area contributed by atoms with E-state index in [1.165, 1.54) is 0 Å². The molecule has 0 aromatic rings. The number of halogens is 7. The molecule has 0 aliphatic carbocycles. The summed E-state index contributed by atoms with van der Waals surface area (Å²) in [5.41, 5.74) is 0. The van der Waals surface area contributed by atoms with Crippen LogP contribution in [0.1, 0.15) is 19.8 Å². The Morgan fingerprint density at radius 3 is 1.85 bits per heavy atom. The van der Waals surface area contributed by atoms with E-state index in [1.807, 2.05) is 6.92 Å². The van der Waals surface area contributed by atoms with Crippen molar-refractivity contribution < 1.29 is 49.9 Å². The highest BCUT2D eigenvalue weighted by molar-refractivity contribution is 5.90. The molecule has 158 valence electrons. The molecule has 0 spiro atoms. The Morgan fingerprint density at radius 2 is 1.41 bits per heavy atom. The summed E-state index contributed by atoms with van der Waals surface area (Å²) in [4.78, 5) is 34.9. The molecule has 0 aromatic carbocycles. The van der Waals surface area contributed by atoms with Crippen molar-refractivity contribution >= 4 is 17.8 Å². The van der Waals surface area contributed by atoms with E-state index in [9.17, 15) is 45.1 Å². The topological polar surface area (TPSA) is 66.9 Å². The Hall–Kier alpha value is -2.08. The van der Waals surface area contributed by atoms with E-state index >= 15 is 0 Å². The number of likely N-dealkylation sites (N-methyl/N-ethyl adjacent to an activating group) is 2. The predicted molar refractivity (Wildman–Crippen MR) is 77.1 cm³/mol. The lowest BCUT2D eigenvalue weighted by atomic mass is 10.1. The quantitative estimate of drug-likeness (QED) is 0.331. The van der Waals surface area contributed by atoms with Gasteiger partial charge in [-0.3, -0.25) is 14.4 Å². The first-order chi connectivity index (χ1) is 12.1. The van der Waals surface area contributed by atoms with Crippen molar-refractivity contribution in [2.75, 3.05) is 33.8 Å². The van der Waals surface area contributed by atoms with E-state index in [-0.39, 0.29) is 11.5 Å². The van der Waals surface area contributed by atoms with E-state index in [2.05, 4.69) is 0 Å². The van der Waals surface area contributed by atoms with Crippen LogP contribution in [0.15, 0.2) is 0 Å². The minimum absolute atomic E-state index is 0.0779. The van der Waals surface area contributed by atoms with Crippen LogP contribution < -0.4 is 0 Å². The molecule has 0 bridgehead atoms. The van der Waals surface area contributed by atoms with E-state index in [1.54, 1.807) is 0 Å². The number of ether oxygens (including phenoxy) is 1. The minimum Gasteiger partial charge on any atom is -0.464 e. The maximum Gasteiger partial charge on any atom is 0.460 e. The van der Waals surface area contributed by atoms with Crippen molar-refractivity contribution in [1.29, 1.82) is 0 Å². The van der Waals surface area contributed by atoms with E-state index < -0.39 is 48.9 Å². The van der Waals surface area contributed by atoms with Crippen LogP contribution in [0, 0.1) is 0 Å². The van der Waals surface area contributed by atoms with E-state index in [4.69, 9.17) is 4.74 Å². The molecule has 0 aliphatic heterocycles. The summed E-state index contributed by atoms with van der Waals surface area (Å²) in [7, 11) is 1.48. The van der Waals surface area contributed by atoms with Gasteiger partial charge >= 0.3 is 24.0 Å². The molecule has 6 nitrogen and oxygen atoms in total. The molecule has 0 radical (unpaired) electrons. The summed E-state index contributed by atoms with van der Waals surface area (Å²) in [6.45, 7) is 0.0315. The fraction of sp³-hybridized carbons (Fsp3) is 0.786. The molecule has 0 atom stereocenters. The molecular formula is C14H19F7N2O4. The molecule has 0 rings (SSSR count). The van der Waals surface area contributed by atoms with Crippen LogP contribution in [0.2, 0.25) is 0 Å². The van der Waals surface area contributed by atoms with Gasteiger partial charge in [-0.15, -0.1) is 0 Å². The molecule has 0 fully saturated rings. The third-order valence-electron chi connectivity index (χ3n) is 3.29. The smallest absolute Gasteiger partial charge is 0.460 e. The highest BCUT2D eigenvalue weighted by atomic mass is 19.4. The van der Waals surface area contributed by atoms with Crippen LogP contribution in [-0.2, 0) is 19.1 Å².